The maximum absolute atomic E-state index is 12.8. The fraction of sp³-hybridized carbons (Fsp3) is 0.444. The van der Waals surface area contributed by atoms with Crippen molar-refractivity contribution in [3.05, 3.63) is 35.9 Å². The Balaban J connectivity index is 1.73. The summed E-state index contributed by atoms with van der Waals surface area (Å²) in [5.74, 6) is -0.972. The first-order valence-corrected chi connectivity index (χ1v) is 8.32. The standard InChI is InChI=1S/C18H20N4O3/c1-17(13-7-3-2-4-8-13)15(24)22(16(25)21-17)11-14(23)20-18(12-19)9-5-6-10-18/h2-4,7-8H,5-6,9-11H2,1H3,(H,20,23)(H,21,25). The molecule has 7 heteroatoms. The molecular formula is C18H20N4O3. The maximum atomic E-state index is 12.8. The lowest BCUT2D eigenvalue weighted by molar-refractivity contribution is -0.135. The molecule has 1 aromatic rings. The summed E-state index contributed by atoms with van der Waals surface area (Å²) >= 11 is 0. The number of carbonyl (C=O) groups excluding carboxylic acids is 3. The molecule has 2 aliphatic rings. The molecule has 4 amide bonds. The molecule has 0 aromatic heterocycles. The molecule has 1 atom stereocenters. The van der Waals surface area contributed by atoms with Crippen LogP contribution in [0.15, 0.2) is 30.3 Å². The summed E-state index contributed by atoms with van der Waals surface area (Å²) in [4.78, 5) is 38.2. The Kier molecular flexibility index (Phi) is 4.21. The second kappa shape index (κ2) is 6.20. The smallest absolute Gasteiger partial charge is 0.325 e. The number of hydrogen-bond donors (Lipinski definition) is 2. The molecule has 0 radical (unpaired) electrons. The van der Waals surface area contributed by atoms with E-state index < -0.39 is 35.5 Å². The highest BCUT2D eigenvalue weighted by molar-refractivity contribution is 6.09. The first-order valence-electron chi connectivity index (χ1n) is 8.32. The second-order valence-electron chi connectivity index (χ2n) is 6.76. The number of imide groups is 1. The number of benzene rings is 1. The van der Waals surface area contributed by atoms with Crippen molar-refractivity contribution in [1.29, 1.82) is 5.26 Å². The van der Waals surface area contributed by atoms with Gasteiger partial charge in [-0.2, -0.15) is 5.26 Å². The lowest BCUT2D eigenvalue weighted by Gasteiger charge is -2.24. The third-order valence-electron chi connectivity index (χ3n) is 4.98. The monoisotopic (exact) mass is 340 g/mol. The van der Waals surface area contributed by atoms with Crippen molar-refractivity contribution >= 4 is 17.8 Å². The molecule has 1 aromatic carbocycles. The largest absolute Gasteiger partial charge is 0.336 e. The lowest BCUT2D eigenvalue weighted by Crippen LogP contribution is -2.50. The molecule has 1 saturated carbocycles. The van der Waals surface area contributed by atoms with Gasteiger partial charge in [0.25, 0.3) is 5.91 Å². The molecule has 2 N–H and O–H groups in total. The van der Waals surface area contributed by atoms with Gasteiger partial charge in [-0.1, -0.05) is 30.3 Å². The van der Waals surface area contributed by atoms with Crippen molar-refractivity contribution < 1.29 is 14.4 Å². The van der Waals surface area contributed by atoms with Gasteiger partial charge in [0, 0.05) is 0 Å². The minimum atomic E-state index is -1.20. The number of amides is 4. The number of nitrogens with one attached hydrogen (secondary N) is 2. The fourth-order valence-electron chi connectivity index (χ4n) is 3.50. The minimum Gasteiger partial charge on any atom is -0.336 e. The van der Waals surface area contributed by atoms with Gasteiger partial charge in [0.05, 0.1) is 6.07 Å². The number of carbonyl (C=O) groups is 3. The van der Waals surface area contributed by atoms with Gasteiger partial charge in [-0.05, 0) is 38.2 Å². The summed E-state index contributed by atoms with van der Waals surface area (Å²) in [7, 11) is 0. The van der Waals surface area contributed by atoms with Gasteiger partial charge in [0.15, 0.2) is 0 Å². The van der Waals surface area contributed by atoms with Gasteiger partial charge in [0.1, 0.15) is 17.6 Å². The van der Waals surface area contributed by atoms with Crippen LogP contribution in [0.1, 0.15) is 38.2 Å². The fourth-order valence-corrected chi connectivity index (χ4v) is 3.50. The molecule has 25 heavy (non-hydrogen) atoms. The van der Waals surface area contributed by atoms with Crippen LogP contribution in [-0.2, 0) is 15.1 Å². The molecule has 1 aliphatic heterocycles. The van der Waals surface area contributed by atoms with E-state index in [0.717, 1.165) is 17.7 Å². The maximum Gasteiger partial charge on any atom is 0.325 e. The van der Waals surface area contributed by atoms with Crippen molar-refractivity contribution in [3.63, 3.8) is 0 Å². The number of urea groups is 1. The van der Waals surface area contributed by atoms with Crippen LogP contribution in [0.25, 0.3) is 0 Å². The van der Waals surface area contributed by atoms with Crippen LogP contribution in [0.5, 0.6) is 0 Å². The van der Waals surface area contributed by atoms with Gasteiger partial charge in [0.2, 0.25) is 5.91 Å². The van der Waals surface area contributed by atoms with E-state index in [2.05, 4.69) is 16.7 Å². The molecule has 1 saturated heterocycles. The number of hydrogen-bond acceptors (Lipinski definition) is 4. The molecular weight excluding hydrogens is 320 g/mol. The quantitative estimate of drug-likeness (QED) is 0.809. The van der Waals surface area contributed by atoms with Crippen molar-refractivity contribution in [2.45, 2.75) is 43.7 Å². The summed E-state index contributed by atoms with van der Waals surface area (Å²) in [6, 6.07) is 10.5. The Hall–Kier alpha value is -2.88. The Morgan fingerprint density at radius 2 is 1.92 bits per heavy atom. The molecule has 130 valence electrons. The van der Waals surface area contributed by atoms with E-state index in [1.807, 2.05) is 6.07 Å². The van der Waals surface area contributed by atoms with Gasteiger partial charge in [-0.15, -0.1) is 0 Å². The summed E-state index contributed by atoms with van der Waals surface area (Å²) in [6.45, 7) is 1.23. The molecule has 1 heterocycles. The van der Waals surface area contributed by atoms with Crippen LogP contribution < -0.4 is 10.6 Å². The highest BCUT2D eigenvalue weighted by atomic mass is 16.2. The van der Waals surface area contributed by atoms with Crippen molar-refractivity contribution in [1.82, 2.24) is 15.5 Å². The van der Waals surface area contributed by atoms with Crippen molar-refractivity contribution in [2.24, 2.45) is 0 Å². The lowest BCUT2D eigenvalue weighted by atomic mass is 9.92. The van der Waals surface area contributed by atoms with E-state index >= 15 is 0 Å². The van der Waals surface area contributed by atoms with Crippen molar-refractivity contribution in [3.8, 4) is 6.07 Å². The van der Waals surface area contributed by atoms with Crippen LogP contribution in [0.4, 0.5) is 4.79 Å². The molecule has 1 aliphatic carbocycles. The molecule has 0 spiro atoms. The van der Waals surface area contributed by atoms with Crippen LogP contribution in [0.3, 0.4) is 0 Å². The molecule has 3 rings (SSSR count). The number of nitrogens with zero attached hydrogens (tertiary/aromatic N) is 2. The summed E-state index contributed by atoms with van der Waals surface area (Å²) in [5, 5.41) is 14.7. The highest BCUT2D eigenvalue weighted by Crippen LogP contribution is 2.30. The minimum absolute atomic E-state index is 0.392. The first-order chi connectivity index (χ1) is 11.9. The molecule has 7 nitrogen and oxygen atoms in total. The van der Waals surface area contributed by atoms with E-state index in [1.54, 1.807) is 31.2 Å². The van der Waals surface area contributed by atoms with E-state index in [1.165, 1.54) is 0 Å². The zero-order chi connectivity index (χ0) is 18.1. The van der Waals surface area contributed by atoms with Gasteiger partial charge < -0.3 is 10.6 Å². The average Bonchev–Trinajstić information content (AvgIpc) is 3.15. The topological polar surface area (TPSA) is 102 Å². The van der Waals surface area contributed by atoms with Gasteiger partial charge >= 0.3 is 6.03 Å². The Morgan fingerprint density at radius 3 is 2.52 bits per heavy atom. The third-order valence-corrected chi connectivity index (χ3v) is 4.98. The predicted molar refractivity (Wildman–Crippen MR) is 89.0 cm³/mol. The van der Waals surface area contributed by atoms with Crippen LogP contribution >= 0.6 is 0 Å². The Morgan fingerprint density at radius 1 is 1.28 bits per heavy atom. The predicted octanol–water partition coefficient (Wildman–Crippen LogP) is 1.41. The normalized spacial score (nSPS) is 24.7. The summed E-state index contributed by atoms with van der Waals surface area (Å²) in [5.41, 5.74) is -1.42. The van der Waals surface area contributed by atoms with E-state index in [4.69, 9.17) is 0 Å². The number of nitriles is 1. The first kappa shape index (κ1) is 17.0. The highest BCUT2D eigenvalue weighted by Gasteiger charge is 2.49. The van der Waals surface area contributed by atoms with E-state index in [-0.39, 0.29) is 0 Å². The van der Waals surface area contributed by atoms with Crippen molar-refractivity contribution in [2.75, 3.05) is 6.54 Å². The molecule has 1 unspecified atom stereocenters. The summed E-state index contributed by atoms with van der Waals surface area (Å²) < 4.78 is 0. The Labute approximate surface area is 146 Å². The SMILES string of the molecule is CC1(c2ccccc2)NC(=O)N(CC(=O)NC2(C#N)CCCC2)C1=O. The second-order valence-corrected chi connectivity index (χ2v) is 6.76. The Bertz CT molecular complexity index is 749. The zero-order valence-electron chi connectivity index (χ0n) is 14.0. The van der Waals surface area contributed by atoms with Crippen LogP contribution in [0.2, 0.25) is 0 Å². The molecule has 0 bridgehead atoms. The van der Waals surface area contributed by atoms with E-state index in [0.29, 0.717) is 18.4 Å². The van der Waals surface area contributed by atoms with Gasteiger partial charge in [-0.3, -0.25) is 14.5 Å². The zero-order valence-corrected chi connectivity index (χ0v) is 14.0. The molecule has 2 fully saturated rings. The van der Waals surface area contributed by atoms with Crippen LogP contribution in [-0.4, -0.2) is 34.8 Å². The average molecular weight is 340 g/mol. The van der Waals surface area contributed by atoms with E-state index in [9.17, 15) is 19.6 Å². The third kappa shape index (κ3) is 2.95. The number of rotatable bonds is 4. The summed E-state index contributed by atoms with van der Waals surface area (Å²) in [6.07, 6.45) is 2.94. The van der Waals surface area contributed by atoms with Gasteiger partial charge in [-0.25, -0.2) is 4.79 Å². The van der Waals surface area contributed by atoms with Crippen LogP contribution in [0, 0.1) is 11.3 Å².